The van der Waals surface area contributed by atoms with Gasteiger partial charge in [-0.15, -0.1) is 0 Å². The van der Waals surface area contributed by atoms with Gasteiger partial charge >= 0.3 is 0 Å². The van der Waals surface area contributed by atoms with E-state index in [2.05, 4.69) is 16.2 Å². The third-order valence-corrected chi connectivity index (χ3v) is 4.54. The maximum Gasteiger partial charge on any atom is 0.276 e. The summed E-state index contributed by atoms with van der Waals surface area (Å²) in [4.78, 5) is 35.7. The molecule has 0 radical (unpaired) electrons. The van der Waals surface area contributed by atoms with Gasteiger partial charge in [0.05, 0.1) is 0 Å². The van der Waals surface area contributed by atoms with Gasteiger partial charge in [-0.05, 0) is 49.8 Å². The minimum Gasteiger partial charge on any atom is -0.483 e. The molecule has 1 aliphatic carbocycles. The molecule has 1 atom stereocenters. The molecule has 1 unspecified atom stereocenters. The van der Waals surface area contributed by atoms with Gasteiger partial charge in [0.1, 0.15) is 11.8 Å². The van der Waals surface area contributed by atoms with Crippen LogP contribution in [0.15, 0.2) is 18.2 Å². The smallest absolute Gasteiger partial charge is 0.276 e. The number of aryl methyl sites for hydroxylation is 2. The lowest BCUT2D eigenvalue weighted by Gasteiger charge is -2.23. The number of carbonyl (C=O) groups is 3. The Labute approximate surface area is 153 Å². The number of nitrogens with one attached hydrogen (secondary N) is 3. The molecule has 1 fully saturated rings. The highest BCUT2D eigenvalue weighted by Gasteiger charge is 2.31. The summed E-state index contributed by atoms with van der Waals surface area (Å²) >= 11 is 0. The Hall–Kier alpha value is -2.57. The van der Waals surface area contributed by atoms with Gasteiger partial charge in [-0.3, -0.25) is 25.2 Å². The summed E-state index contributed by atoms with van der Waals surface area (Å²) in [7, 11) is 0. The minimum absolute atomic E-state index is 0.0991. The molecule has 0 bridgehead atoms. The summed E-state index contributed by atoms with van der Waals surface area (Å²) in [5, 5.41) is 2.68. The van der Waals surface area contributed by atoms with Crippen molar-refractivity contribution in [1.82, 2.24) is 16.2 Å². The van der Waals surface area contributed by atoms with Crippen molar-refractivity contribution in [2.24, 2.45) is 5.92 Å². The zero-order chi connectivity index (χ0) is 19.1. The Balaban J connectivity index is 1.83. The molecule has 1 saturated carbocycles. The first-order chi connectivity index (χ1) is 12.4. The summed E-state index contributed by atoms with van der Waals surface area (Å²) in [6, 6.07) is 5.11. The summed E-state index contributed by atoms with van der Waals surface area (Å²) < 4.78 is 5.50. The summed E-state index contributed by atoms with van der Waals surface area (Å²) in [5.41, 5.74) is 6.71. The van der Waals surface area contributed by atoms with Crippen LogP contribution in [0.25, 0.3) is 0 Å². The van der Waals surface area contributed by atoms with Crippen molar-refractivity contribution in [2.45, 2.75) is 52.5 Å². The van der Waals surface area contributed by atoms with Gasteiger partial charge in [-0.2, -0.15) is 0 Å². The van der Waals surface area contributed by atoms with Crippen LogP contribution in [0.3, 0.4) is 0 Å². The SMILES string of the molecule is CC(=O)NC(C(=O)NNC(=O)COc1cc(C)ccc1C)C1CCCC1. The van der Waals surface area contributed by atoms with Crippen LogP contribution in [0.1, 0.15) is 43.7 Å². The van der Waals surface area contributed by atoms with Crippen molar-refractivity contribution >= 4 is 17.7 Å². The molecule has 26 heavy (non-hydrogen) atoms. The summed E-state index contributed by atoms with van der Waals surface area (Å²) in [6.45, 7) is 5.01. The van der Waals surface area contributed by atoms with E-state index in [0.29, 0.717) is 5.75 Å². The molecule has 7 heteroatoms. The molecule has 0 saturated heterocycles. The molecule has 7 nitrogen and oxygen atoms in total. The van der Waals surface area contributed by atoms with Crippen LogP contribution < -0.4 is 20.9 Å². The molecule has 1 aromatic carbocycles. The molecule has 0 heterocycles. The van der Waals surface area contributed by atoms with E-state index in [1.165, 1.54) is 6.92 Å². The van der Waals surface area contributed by atoms with E-state index in [-0.39, 0.29) is 18.4 Å². The number of amides is 3. The lowest BCUT2D eigenvalue weighted by molar-refractivity contribution is -0.133. The molecule has 142 valence electrons. The first kappa shape index (κ1) is 19.8. The van der Waals surface area contributed by atoms with E-state index < -0.39 is 17.9 Å². The molecular formula is C19H27N3O4. The van der Waals surface area contributed by atoms with Crippen LogP contribution in [-0.2, 0) is 14.4 Å². The Morgan fingerprint density at radius 2 is 1.85 bits per heavy atom. The molecular weight excluding hydrogens is 334 g/mol. The molecule has 2 rings (SSSR count). The second kappa shape index (κ2) is 9.22. The average Bonchev–Trinajstić information content (AvgIpc) is 3.12. The number of carbonyl (C=O) groups excluding carboxylic acids is 3. The van der Waals surface area contributed by atoms with Gasteiger partial charge in [0, 0.05) is 6.92 Å². The van der Waals surface area contributed by atoms with Gasteiger partial charge < -0.3 is 10.1 Å². The van der Waals surface area contributed by atoms with Gasteiger partial charge in [0.25, 0.3) is 11.8 Å². The number of hydrazine groups is 1. The quantitative estimate of drug-likeness (QED) is 0.670. The Kier molecular flexibility index (Phi) is 7.00. The molecule has 0 aliphatic heterocycles. The minimum atomic E-state index is -0.629. The Bertz CT molecular complexity index is 669. The van der Waals surface area contributed by atoms with Crippen LogP contribution in [0, 0.1) is 19.8 Å². The summed E-state index contributed by atoms with van der Waals surface area (Å²) in [5.74, 6) is -0.406. The van der Waals surface area contributed by atoms with E-state index >= 15 is 0 Å². The van der Waals surface area contributed by atoms with Crippen molar-refractivity contribution in [3.63, 3.8) is 0 Å². The number of rotatable bonds is 6. The fraction of sp³-hybridized carbons (Fsp3) is 0.526. The predicted octanol–water partition coefficient (Wildman–Crippen LogP) is 1.52. The zero-order valence-corrected chi connectivity index (χ0v) is 15.6. The highest BCUT2D eigenvalue weighted by Crippen LogP contribution is 2.27. The fourth-order valence-corrected chi connectivity index (χ4v) is 3.16. The third-order valence-electron chi connectivity index (χ3n) is 4.54. The molecule has 0 aromatic heterocycles. The lowest BCUT2D eigenvalue weighted by atomic mass is 9.97. The average molecular weight is 361 g/mol. The van der Waals surface area contributed by atoms with Crippen molar-refractivity contribution in [2.75, 3.05) is 6.61 Å². The van der Waals surface area contributed by atoms with Crippen LogP contribution in [0.4, 0.5) is 0 Å². The second-order valence-electron chi connectivity index (χ2n) is 6.82. The van der Waals surface area contributed by atoms with Crippen molar-refractivity contribution in [1.29, 1.82) is 0 Å². The fourth-order valence-electron chi connectivity index (χ4n) is 3.16. The first-order valence-electron chi connectivity index (χ1n) is 8.92. The Morgan fingerprint density at radius 1 is 1.15 bits per heavy atom. The van der Waals surface area contributed by atoms with Crippen LogP contribution in [0.2, 0.25) is 0 Å². The summed E-state index contributed by atoms with van der Waals surface area (Å²) in [6.07, 6.45) is 3.87. The number of ether oxygens (including phenoxy) is 1. The van der Waals surface area contributed by atoms with Crippen molar-refractivity contribution in [3.8, 4) is 5.75 Å². The number of hydrogen-bond acceptors (Lipinski definition) is 4. The number of hydrogen-bond donors (Lipinski definition) is 3. The van der Waals surface area contributed by atoms with Gasteiger partial charge in [0.2, 0.25) is 5.91 Å². The standard InChI is InChI=1S/C19H27N3O4/c1-12-8-9-13(2)16(10-12)26-11-17(24)21-22-19(25)18(20-14(3)23)15-6-4-5-7-15/h8-10,15,18H,4-7,11H2,1-3H3,(H,20,23)(H,21,24)(H,22,25). The largest absolute Gasteiger partial charge is 0.483 e. The van der Waals surface area contributed by atoms with E-state index in [4.69, 9.17) is 4.74 Å². The number of benzene rings is 1. The monoisotopic (exact) mass is 361 g/mol. The van der Waals surface area contributed by atoms with Crippen LogP contribution >= 0.6 is 0 Å². The normalized spacial score (nSPS) is 15.2. The third kappa shape index (κ3) is 5.75. The van der Waals surface area contributed by atoms with E-state index in [1.54, 1.807) is 0 Å². The molecule has 0 spiro atoms. The molecule has 3 amide bonds. The maximum atomic E-state index is 12.4. The molecule has 1 aliphatic rings. The highest BCUT2D eigenvalue weighted by molar-refractivity contribution is 5.89. The zero-order valence-electron chi connectivity index (χ0n) is 15.6. The van der Waals surface area contributed by atoms with E-state index in [9.17, 15) is 14.4 Å². The second-order valence-corrected chi connectivity index (χ2v) is 6.82. The maximum absolute atomic E-state index is 12.4. The first-order valence-corrected chi connectivity index (χ1v) is 8.92. The van der Waals surface area contributed by atoms with Crippen LogP contribution in [-0.4, -0.2) is 30.4 Å². The Morgan fingerprint density at radius 3 is 2.50 bits per heavy atom. The molecule has 3 N–H and O–H groups in total. The molecule has 1 aromatic rings. The topological polar surface area (TPSA) is 96.5 Å². The predicted molar refractivity (Wildman–Crippen MR) is 97.3 cm³/mol. The van der Waals surface area contributed by atoms with E-state index in [1.807, 2.05) is 32.0 Å². The van der Waals surface area contributed by atoms with Crippen molar-refractivity contribution in [3.05, 3.63) is 29.3 Å². The highest BCUT2D eigenvalue weighted by atomic mass is 16.5. The van der Waals surface area contributed by atoms with Crippen LogP contribution in [0.5, 0.6) is 5.75 Å². The van der Waals surface area contributed by atoms with E-state index in [0.717, 1.165) is 36.8 Å². The van der Waals surface area contributed by atoms with Gasteiger partial charge in [0.15, 0.2) is 6.61 Å². The van der Waals surface area contributed by atoms with Crippen molar-refractivity contribution < 1.29 is 19.1 Å². The van der Waals surface area contributed by atoms with Gasteiger partial charge in [-0.25, -0.2) is 0 Å². The van der Waals surface area contributed by atoms with Gasteiger partial charge in [-0.1, -0.05) is 25.0 Å². The lowest BCUT2D eigenvalue weighted by Crippen LogP contribution is -2.55.